The van der Waals surface area contributed by atoms with Crippen molar-refractivity contribution in [3.8, 4) is 0 Å². The van der Waals surface area contributed by atoms with E-state index in [4.69, 9.17) is 15.5 Å². The zero-order valence-electron chi connectivity index (χ0n) is 10.2. The van der Waals surface area contributed by atoms with Crippen LogP contribution in [0.3, 0.4) is 0 Å². The third-order valence-corrected chi connectivity index (χ3v) is 3.09. The molecule has 18 heavy (non-hydrogen) atoms. The van der Waals surface area contributed by atoms with Gasteiger partial charge in [0.25, 0.3) is 5.91 Å². The van der Waals surface area contributed by atoms with Crippen molar-refractivity contribution in [2.75, 3.05) is 13.1 Å². The van der Waals surface area contributed by atoms with E-state index in [0.717, 1.165) is 12.8 Å². The molecule has 0 aliphatic carbocycles. The fourth-order valence-corrected chi connectivity index (χ4v) is 2.11. The highest BCUT2D eigenvalue weighted by molar-refractivity contribution is 5.93. The molecule has 2 heterocycles. The second kappa shape index (κ2) is 5.07. The molecule has 0 bridgehead atoms. The minimum Gasteiger partial charge on any atom is -0.409 e. The van der Waals surface area contributed by atoms with Crippen molar-refractivity contribution in [2.45, 2.75) is 19.8 Å². The normalized spacial score (nSPS) is 21.1. The molecule has 7 nitrogen and oxygen atoms in total. The van der Waals surface area contributed by atoms with Crippen molar-refractivity contribution in [2.24, 2.45) is 16.8 Å². The fraction of sp³-hybridized carbons (Fsp3) is 0.545. The lowest BCUT2D eigenvalue weighted by Gasteiger charge is -2.31. The lowest BCUT2D eigenvalue weighted by Crippen LogP contribution is -2.44. The molecule has 1 aromatic heterocycles. The van der Waals surface area contributed by atoms with Crippen LogP contribution in [-0.4, -0.2) is 40.1 Å². The highest BCUT2D eigenvalue weighted by Gasteiger charge is 2.28. The molecule has 1 fully saturated rings. The number of aryl methyl sites for hydroxylation is 1. The number of amidine groups is 1. The molecule has 98 valence electrons. The lowest BCUT2D eigenvalue weighted by molar-refractivity contribution is 0.0690. The molecule has 0 aromatic carbocycles. The molecule has 1 aliphatic rings. The summed E-state index contributed by atoms with van der Waals surface area (Å²) in [5, 5.41) is 15.4. The maximum absolute atomic E-state index is 12.1. The number of hydrogen-bond acceptors (Lipinski definition) is 5. The van der Waals surface area contributed by atoms with Gasteiger partial charge in [-0.15, -0.1) is 0 Å². The highest BCUT2D eigenvalue weighted by atomic mass is 16.5. The first-order valence-corrected chi connectivity index (χ1v) is 5.82. The Bertz CT molecular complexity index is 469. The van der Waals surface area contributed by atoms with Crippen LogP contribution >= 0.6 is 0 Å². The summed E-state index contributed by atoms with van der Waals surface area (Å²) < 4.78 is 4.89. The van der Waals surface area contributed by atoms with E-state index in [0.29, 0.717) is 24.5 Å². The van der Waals surface area contributed by atoms with Crippen molar-refractivity contribution in [1.29, 1.82) is 0 Å². The van der Waals surface area contributed by atoms with E-state index in [2.05, 4.69) is 10.3 Å². The Hall–Kier alpha value is -2.05. The second-order valence-electron chi connectivity index (χ2n) is 4.44. The average molecular weight is 252 g/mol. The topological polar surface area (TPSA) is 105 Å². The lowest BCUT2D eigenvalue weighted by atomic mass is 9.97. The van der Waals surface area contributed by atoms with Gasteiger partial charge in [-0.05, 0) is 19.8 Å². The van der Waals surface area contributed by atoms with Gasteiger partial charge in [0.15, 0.2) is 5.69 Å². The molecule has 1 atom stereocenters. The zero-order chi connectivity index (χ0) is 13.1. The highest BCUT2D eigenvalue weighted by Crippen LogP contribution is 2.18. The SMILES string of the molecule is Cc1cc(C(=O)N2CCCC(C(N)=NO)C2)no1. The molecule has 0 radical (unpaired) electrons. The molecule has 1 saturated heterocycles. The summed E-state index contributed by atoms with van der Waals surface area (Å²) in [5.41, 5.74) is 5.88. The van der Waals surface area contributed by atoms with Crippen molar-refractivity contribution < 1.29 is 14.5 Å². The van der Waals surface area contributed by atoms with Crippen LogP contribution in [0.1, 0.15) is 29.1 Å². The van der Waals surface area contributed by atoms with Gasteiger partial charge in [0.1, 0.15) is 11.6 Å². The van der Waals surface area contributed by atoms with Crippen molar-refractivity contribution in [3.63, 3.8) is 0 Å². The number of aromatic nitrogens is 1. The van der Waals surface area contributed by atoms with E-state index < -0.39 is 0 Å². The van der Waals surface area contributed by atoms with Crippen molar-refractivity contribution >= 4 is 11.7 Å². The standard InChI is InChI=1S/C11H16N4O3/c1-7-5-9(14-18-7)11(16)15-4-2-3-8(6-15)10(12)13-17/h5,8,17H,2-4,6H2,1H3,(H2,12,13). The van der Waals surface area contributed by atoms with Crippen molar-refractivity contribution in [3.05, 3.63) is 17.5 Å². The smallest absolute Gasteiger partial charge is 0.276 e. The van der Waals surface area contributed by atoms with E-state index in [-0.39, 0.29) is 17.7 Å². The Labute approximate surface area is 104 Å². The molecule has 2 rings (SSSR count). The first-order chi connectivity index (χ1) is 8.61. The van der Waals surface area contributed by atoms with Gasteiger partial charge in [-0.25, -0.2) is 0 Å². The third kappa shape index (κ3) is 2.44. The maximum Gasteiger partial charge on any atom is 0.276 e. The van der Waals surface area contributed by atoms with Gasteiger partial charge in [-0.3, -0.25) is 4.79 Å². The molecule has 1 aliphatic heterocycles. The van der Waals surface area contributed by atoms with Gasteiger partial charge < -0.3 is 20.4 Å². The number of nitrogens with two attached hydrogens (primary N) is 1. The third-order valence-electron chi connectivity index (χ3n) is 3.09. The van der Waals surface area contributed by atoms with Gasteiger partial charge in [0.2, 0.25) is 0 Å². The molecule has 1 amide bonds. The van der Waals surface area contributed by atoms with Gasteiger partial charge in [-0.1, -0.05) is 10.3 Å². The Balaban J connectivity index is 2.07. The van der Waals surface area contributed by atoms with E-state index in [9.17, 15) is 4.79 Å². The number of nitrogens with zero attached hydrogens (tertiary/aromatic N) is 3. The summed E-state index contributed by atoms with van der Waals surface area (Å²) in [6.07, 6.45) is 1.64. The van der Waals surface area contributed by atoms with E-state index >= 15 is 0 Å². The molecule has 1 unspecified atom stereocenters. The number of amides is 1. The van der Waals surface area contributed by atoms with E-state index in [1.807, 2.05) is 0 Å². The minimum absolute atomic E-state index is 0.0966. The maximum atomic E-state index is 12.1. The van der Waals surface area contributed by atoms with Crippen LogP contribution in [0.25, 0.3) is 0 Å². The van der Waals surface area contributed by atoms with Crippen molar-refractivity contribution in [1.82, 2.24) is 10.1 Å². The first-order valence-electron chi connectivity index (χ1n) is 5.82. The van der Waals surface area contributed by atoms with Gasteiger partial charge in [-0.2, -0.15) is 0 Å². The van der Waals surface area contributed by atoms with Crippen LogP contribution in [0.2, 0.25) is 0 Å². The second-order valence-corrected chi connectivity index (χ2v) is 4.44. The Morgan fingerprint density at radius 2 is 2.50 bits per heavy atom. The van der Waals surface area contributed by atoms with Gasteiger partial charge >= 0.3 is 0 Å². The van der Waals surface area contributed by atoms with Crippen LogP contribution in [0, 0.1) is 12.8 Å². The Morgan fingerprint density at radius 1 is 1.72 bits per heavy atom. The van der Waals surface area contributed by atoms with E-state index in [1.54, 1.807) is 17.9 Å². The Morgan fingerprint density at radius 3 is 3.11 bits per heavy atom. The molecule has 7 heteroatoms. The average Bonchev–Trinajstić information content (AvgIpc) is 2.83. The van der Waals surface area contributed by atoms with Crippen LogP contribution in [-0.2, 0) is 0 Å². The van der Waals surface area contributed by atoms with Gasteiger partial charge in [0, 0.05) is 25.1 Å². The molecule has 3 N–H and O–H groups in total. The minimum atomic E-state index is -0.178. The largest absolute Gasteiger partial charge is 0.409 e. The monoisotopic (exact) mass is 252 g/mol. The van der Waals surface area contributed by atoms with Crippen LogP contribution in [0.15, 0.2) is 15.7 Å². The molecule has 0 spiro atoms. The van der Waals surface area contributed by atoms with Crippen LogP contribution in [0.4, 0.5) is 0 Å². The predicted molar refractivity (Wildman–Crippen MR) is 63.3 cm³/mol. The first kappa shape index (κ1) is 12.4. The number of carbonyl (C=O) groups is 1. The summed E-state index contributed by atoms with van der Waals surface area (Å²) in [6.45, 7) is 2.83. The summed E-state index contributed by atoms with van der Waals surface area (Å²) in [7, 11) is 0. The quantitative estimate of drug-likeness (QED) is 0.347. The zero-order valence-corrected chi connectivity index (χ0v) is 10.2. The molecule has 1 aromatic rings. The number of oxime groups is 1. The van der Waals surface area contributed by atoms with Crippen LogP contribution in [0.5, 0.6) is 0 Å². The summed E-state index contributed by atoms with van der Waals surface area (Å²) in [5.74, 6) is 0.496. The number of carbonyl (C=O) groups excluding carboxylic acids is 1. The summed E-state index contributed by atoms with van der Waals surface area (Å²) in [4.78, 5) is 13.8. The number of rotatable bonds is 2. The van der Waals surface area contributed by atoms with Gasteiger partial charge in [0.05, 0.1) is 0 Å². The molecular weight excluding hydrogens is 236 g/mol. The Kier molecular flexibility index (Phi) is 3.50. The fourth-order valence-electron chi connectivity index (χ4n) is 2.11. The van der Waals surface area contributed by atoms with E-state index in [1.165, 1.54) is 0 Å². The predicted octanol–water partition coefficient (Wildman–Crippen LogP) is 0.582. The summed E-state index contributed by atoms with van der Waals surface area (Å²) >= 11 is 0. The van der Waals surface area contributed by atoms with Crippen LogP contribution < -0.4 is 5.73 Å². The summed E-state index contributed by atoms with van der Waals surface area (Å²) in [6, 6.07) is 1.61. The molecular formula is C11H16N4O3. The molecule has 0 saturated carbocycles. The number of piperidine rings is 1. The number of hydrogen-bond donors (Lipinski definition) is 2. The number of likely N-dealkylation sites (tertiary alicyclic amines) is 1.